The zero-order valence-electron chi connectivity index (χ0n) is 17.6. The highest BCUT2D eigenvalue weighted by Gasteiger charge is 2.37. The Labute approximate surface area is 189 Å². The van der Waals surface area contributed by atoms with Crippen LogP contribution in [0.1, 0.15) is 11.1 Å². The molecule has 1 aliphatic rings. The summed E-state index contributed by atoms with van der Waals surface area (Å²) in [7, 11) is -3.55. The largest absolute Gasteiger partial charge is 0.322 e. The summed E-state index contributed by atoms with van der Waals surface area (Å²) in [5.74, 6) is -2.67. The van der Waals surface area contributed by atoms with E-state index in [-0.39, 0.29) is 29.0 Å². The maximum atomic E-state index is 13.7. The Morgan fingerprint density at radius 3 is 2.27 bits per heavy atom. The van der Waals surface area contributed by atoms with Gasteiger partial charge in [0.15, 0.2) is 9.84 Å². The summed E-state index contributed by atoms with van der Waals surface area (Å²) in [5, 5.41) is 2.69. The third-order valence-corrected chi connectivity index (χ3v) is 6.46. The molecule has 4 rings (SSSR count). The number of rotatable bonds is 5. The molecule has 0 aromatic heterocycles. The zero-order chi connectivity index (χ0) is 23.8. The van der Waals surface area contributed by atoms with E-state index in [4.69, 9.17) is 0 Å². The molecule has 1 N–H and O–H groups in total. The molecule has 6 nitrogen and oxygen atoms in total. The lowest BCUT2D eigenvalue weighted by Gasteiger charge is -2.37. The van der Waals surface area contributed by atoms with Gasteiger partial charge in [-0.05, 0) is 41.5 Å². The van der Waals surface area contributed by atoms with Gasteiger partial charge in [-0.25, -0.2) is 17.2 Å². The second kappa shape index (κ2) is 8.74. The van der Waals surface area contributed by atoms with Gasteiger partial charge >= 0.3 is 0 Å². The van der Waals surface area contributed by atoms with Crippen molar-refractivity contribution >= 4 is 33.0 Å². The van der Waals surface area contributed by atoms with E-state index >= 15 is 0 Å². The number of nitrogens with zero attached hydrogens (tertiary/aromatic N) is 1. The lowest BCUT2D eigenvalue weighted by atomic mass is 9.99. The molecule has 1 aliphatic heterocycles. The third kappa shape index (κ3) is 4.93. The summed E-state index contributed by atoms with van der Waals surface area (Å²) >= 11 is 0. The van der Waals surface area contributed by atoms with Crippen molar-refractivity contribution in [2.75, 3.05) is 16.5 Å². The monoisotopic (exact) mass is 470 g/mol. The van der Waals surface area contributed by atoms with Gasteiger partial charge in [0.05, 0.1) is 22.7 Å². The van der Waals surface area contributed by atoms with Gasteiger partial charge < -0.3 is 5.32 Å². The van der Waals surface area contributed by atoms with E-state index in [0.717, 1.165) is 24.0 Å². The Hall–Kier alpha value is -3.59. The van der Waals surface area contributed by atoms with Crippen LogP contribution in [0.4, 0.5) is 20.2 Å². The van der Waals surface area contributed by atoms with Crippen molar-refractivity contribution in [3.05, 3.63) is 89.5 Å². The van der Waals surface area contributed by atoms with E-state index in [9.17, 15) is 26.8 Å². The molecule has 2 amide bonds. The van der Waals surface area contributed by atoms with Crippen LogP contribution in [0.2, 0.25) is 0 Å². The number of halogens is 2. The number of sulfone groups is 1. The minimum atomic E-state index is -3.55. The number of fused-ring (bicyclic) bond motifs is 1. The smallest absolute Gasteiger partial charge is 0.247 e. The van der Waals surface area contributed by atoms with Crippen molar-refractivity contribution in [1.29, 1.82) is 0 Å². The van der Waals surface area contributed by atoms with Gasteiger partial charge in [0.1, 0.15) is 17.7 Å². The van der Waals surface area contributed by atoms with Gasteiger partial charge in [-0.2, -0.15) is 0 Å². The molecule has 1 unspecified atom stereocenters. The lowest BCUT2D eigenvalue weighted by Crippen LogP contribution is -2.52. The van der Waals surface area contributed by atoms with Crippen LogP contribution in [0.5, 0.6) is 0 Å². The predicted octanol–water partition coefficient (Wildman–Crippen LogP) is 3.51. The summed E-state index contributed by atoms with van der Waals surface area (Å²) in [6.07, 6.45) is 0.892. The van der Waals surface area contributed by atoms with Crippen LogP contribution in [0.15, 0.2) is 71.6 Å². The van der Waals surface area contributed by atoms with Crippen LogP contribution in [0, 0.1) is 11.6 Å². The van der Waals surface area contributed by atoms with Crippen LogP contribution >= 0.6 is 0 Å². The Morgan fingerprint density at radius 1 is 0.970 bits per heavy atom. The fraction of sp³-hybridized carbons (Fsp3) is 0.167. The molecule has 0 radical (unpaired) electrons. The Morgan fingerprint density at radius 2 is 1.64 bits per heavy atom. The quantitative estimate of drug-likeness (QED) is 0.619. The average Bonchev–Trinajstić information content (AvgIpc) is 2.73. The molecule has 33 heavy (non-hydrogen) atoms. The fourth-order valence-electron chi connectivity index (χ4n) is 3.86. The van der Waals surface area contributed by atoms with Gasteiger partial charge in [-0.1, -0.05) is 30.3 Å². The number of benzene rings is 3. The van der Waals surface area contributed by atoms with Crippen molar-refractivity contribution in [2.24, 2.45) is 0 Å². The SMILES string of the molecule is CS(=O)(=O)c1ccc2c(c1)NC(=O)C(Cc1ccccc1)N2C(=O)Cc1cc(F)cc(F)c1. The molecule has 0 fully saturated rings. The van der Waals surface area contributed by atoms with Crippen LogP contribution in [-0.4, -0.2) is 32.5 Å². The van der Waals surface area contributed by atoms with Crippen molar-refractivity contribution in [2.45, 2.75) is 23.8 Å². The zero-order valence-corrected chi connectivity index (χ0v) is 18.4. The number of carbonyl (C=O) groups excluding carboxylic acids is 2. The molecule has 3 aromatic rings. The van der Waals surface area contributed by atoms with E-state index in [2.05, 4.69) is 5.32 Å². The van der Waals surface area contributed by atoms with Crippen molar-refractivity contribution in [3.8, 4) is 0 Å². The number of anilines is 2. The first-order valence-corrected chi connectivity index (χ1v) is 12.0. The van der Waals surface area contributed by atoms with Crippen molar-refractivity contribution in [1.82, 2.24) is 0 Å². The molecule has 170 valence electrons. The molecule has 0 saturated heterocycles. The topological polar surface area (TPSA) is 83.6 Å². The molecule has 3 aromatic carbocycles. The van der Waals surface area contributed by atoms with Gasteiger partial charge in [0.25, 0.3) is 0 Å². The number of hydrogen-bond donors (Lipinski definition) is 1. The maximum Gasteiger partial charge on any atom is 0.247 e. The summed E-state index contributed by atoms with van der Waals surface area (Å²) in [4.78, 5) is 27.6. The highest BCUT2D eigenvalue weighted by Crippen LogP contribution is 2.35. The maximum absolute atomic E-state index is 13.7. The Balaban J connectivity index is 1.77. The van der Waals surface area contributed by atoms with Crippen LogP contribution < -0.4 is 10.2 Å². The van der Waals surface area contributed by atoms with E-state index in [1.165, 1.54) is 23.1 Å². The average molecular weight is 470 g/mol. The number of nitrogens with one attached hydrogen (secondary N) is 1. The highest BCUT2D eigenvalue weighted by atomic mass is 32.2. The van der Waals surface area contributed by atoms with E-state index in [1.807, 2.05) is 30.3 Å². The molecule has 0 aliphatic carbocycles. The van der Waals surface area contributed by atoms with Gasteiger partial charge in [-0.3, -0.25) is 14.5 Å². The summed E-state index contributed by atoms with van der Waals surface area (Å²) in [6, 6.07) is 15.1. The van der Waals surface area contributed by atoms with E-state index in [0.29, 0.717) is 11.8 Å². The normalized spacial score (nSPS) is 15.7. The van der Waals surface area contributed by atoms with Crippen LogP contribution in [0.3, 0.4) is 0 Å². The second-order valence-electron chi connectivity index (χ2n) is 7.86. The van der Waals surface area contributed by atoms with E-state index in [1.54, 1.807) is 0 Å². The lowest BCUT2D eigenvalue weighted by molar-refractivity contribution is -0.123. The number of amides is 2. The Kier molecular flexibility index (Phi) is 5.99. The molecule has 0 spiro atoms. The van der Waals surface area contributed by atoms with Gasteiger partial charge in [0.2, 0.25) is 11.8 Å². The standard InChI is InChI=1S/C24H20F2N2O4S/c1-33(31,32)19-7-8-21-20(14-19)27-24(30)22(11-15-5-3-2-4-6-15)28(21)23(29)12-16-9-17(25)13-18(26)10-16/h2-10,13-14,22H,11-12H2,1H3,(H,27,30). The molecule has 0 bridgehead atoms. The van der Waals surface area contributed by atoms with Crippen molar-refractivity contribution < 1.29 is 26.8 Å². The number of carbonyl (C=O) groups is 2. The first kappa shape index (κ1) is 22.6. The third-order valence-electron chi connectivity index (χ3n) is 5.35. The van der Waals surface area contributed by atoms with E-state index < -0.39 is 39.3 Å². The van der Waals surface area contributed by atoms with Gasteiger partial charge in [0, 0.05) is 18.7 Å². The predicted molar refractivity (Wildman–Crippen MR) is 120 cm³/mol. The highest BCUT2D eigenvalue weighted by molar-refractivity contribution is 7.90. The molecular weight excluding hydrogens is 450 g/mol. The van der Waals surface area contributed by atoms with Crippen LogP contribution in [0.25, 0.3) is 0 Å². The summed E-state index contributed by atoms with van der Waals surface area (Å²) in [5.41, 5.74) is 1.41. The first-order chi connectivity index (χ1) is 15.6. The van der Waals surface area contributed by atoms with Gasteiger partial charge in [-0.15, -0.1) is 0 Å². The first-order valence-electron chi connectivity index (χ1n) is 10.1. The number of hydrogen-bond acceptors (Lipinski definition) is 4. The molecule has 0 saturated carbocycles. The minimum Gasteiger partial charge on any atom is -0.322 e. The molecule has 9 heteroatoms. The van der Waals surface area contributed by atoms with Crippen LogP contribution in [-0.2, 0) is 32.3 Å². The second-order valence-corrected chi connectivity index (χ2v) is 9.88. The summed E-state index contributed by atoms with van der Waals surface area (Å²) in [6.45, 7) is 0. The molecule has 1 atom stereocenters. The molecular formula is C24H20F2N2O4S. The Bertz CT molecular complexity index is 1320. The fourth-order valence-corrected chi connectivity index (χ4v) is 4.51. The van der Waals surface area contributed by atoms with Crippen molar-refractivity contribution in [3.63, 3.8) is 0 Å². The summed E-state index contributed by atoms with van der Waals surface area (Å²) < 4.78 is 51.2. The molecule has 1 heterocycles. The minimum absolute atomic E-state index is 0.0114.